The van der Waals surface area contributed by atoms with Crippen LogP contribution in [0.4, 0.5) is 0 Å². The van der Waals surface area contributed by atoms with E-state index in [0.717, 1.165) is 5.69 Å². The molecular weight excluding hydrogens is 154 g/mol. The van der Waals surface area contributed by atoms with Gasteiger partial charge in [-0.1, -0.05) is 0 Å². The van der Waals surface area contributed by atoms with Crippen LogP contribution in [0.2, 0.25) is 0 Å². The average Bonchev–Trinajstić information content (AvgIpc) is 2.30. The number of hydrogen-bond donors (Lipinski definition) is 2. The second-order valence-electron chi connectivity index (χ2n) is 2.97. The van der Waals surface area contributed by atoms with Crippen LogP contribution in [0, 0.1) is 13.8 Å². The number of nitrogens with one attached hydrogen (secondary N) is 1. The van der Waals surface area contributed by atoms with Gasteiger partial charge in [-0.2, -0.15) is 0 Å². The minimum Gasteiger partial charge on any atom is -0.481 e. The molecule has 12 heavy (non-hydrogen) atoms. The predicted octanol–water partition coefficient (Wildman–Crippen LogP) is 1.65. The molecule has 3 nitrogen and oxygen atoms in total. The molecule has 0 spiro atoms. The van der Waals surface area contributed by atoms with Gasteiger partial charge in [-0.3, -0.25) is 4.79 Å². The minimum atomic E-state index is -0.748. The number of carbonyl (C=O) groups is 1. The van der Waals surface area contributed by atoms with Crippen LogP contribution < -0.4 is 0 Å². The first-order valence-corrected chi connectivity index (χ1v) is 3.96. The molecule has 0 bridgehead atoms. The van der Waals surface area contributed by atoms with Gasteiger partial charge >= 0.3 is 5.97 Å². The SMILES string of the molecule is Cc1c[nH]c(CCC(=O)O)c1C. The minimum absolute atomic E-state index is 0.195. The molecule has 1 aromatic rings. The normalized spacial score (nSPS) is 10.2. The van der Waals surface area contributed by atoms with Gasteiger partial charge in [0.2, 0.25) is 0 Å². The van der Waals surface area contributed by atoms with Crippen LogP contribution in [0.1, 0.15) is 23.2 Å². The number of aliphatic carboxylic acids is 1. The maximum atomic E-state index is 10.3. The molecule has 66 valence electrons. The number of H-pyrrole nitrogens is 1. The van der Waals surface area contributed by atoms with Crippen molar-refractivity contribution >= 4 is 5.97 Å². The third-order valence-corrected chi connectivity index (χ3v) is 2.10. The summed E-state index contributed by atoms with van der Waals surface area (Å²) < 4.78 is 0. The maximum Gasteiger partial charge on any atom is 0.303 e. The number of rotatable bonds is 3. The van der Waals surface area contributed by atoms with E-state index >= 15 is 0 Å². The molecule has 0 atom stereocenters. The molecule has 0 fully saturated rings. The molecule has 0 radical (unpaired) electrons. The third kappa shape index (κ3) is 1.87. The van der Waals surface area contributed by atoms with Gasteiger partial charge in [0.15, 0.2) is 0 Å². The van der Waals surface area contributed by atoms with E-state index in [1.807, 2.05) is 20.0 Å². The molecular formula is C9H13NO2. The first kappa shape index (κ1) is 8.84. The highest BCUT2D eigenvalue weighted by Gasteiger charge is 2.04. The van der Waals surface area contributed by atoms with Crippen molar-refractivity contribution in [2.45, 2.75) is 26.7 Å². The zero-order valence-electron chi connectivity index (χ0n) is 7.35. The molecule has 2 N–H and O–H groups in total. The fourth-order valence-electron chi connectivity index (χ4n) is 1.14. The van der Waals surface area contributed by atoms with E-state index in [-0.39, 0.29) is 6.42 Å². The maximum absolute atomic E-state index is 10.3. The van der Waals surface area contributed by atoms with Crippen molar-refractivity contribution < 1.29 is 9.90 Å². The summed E-state index contributed by atoms with van der Waals surface area (Å²) in [6.07, 6.45) is 2.70. The Hall–Kier alpha value is -1.25. The van der Waals surface area contributed by atoms with Crippen LogP contribution >= 0.6 is 0 Å². The van der Waals surface area contributed by atoms with Gasteiger partial charge in [0.25, 0.3) is 0 Å². The highest BCUT2D eigenvalue weighted by molar-refractivity contribution is 5.67. The van der Waals surface area contributed by atoms with Gasteiger partial charge in [-0.15, -0.1) is 0 Å². The van der Waals surface area contributed by atoms with Gasteiger partial charge in [0.05, 0.1) is 6.42 Å². The molecule has 0 aliphatic carbocycles. The van der Waals surface area contributed by atoms with E-state index in [4.69, 9.17) is 5.11 Å². The summed E-state index contributed by atoms with van der Waals surface area (Å²) in [6.45, 7) is 4.01. The topological polar surface area (TPSA) is 53.1 Å². The highest BCUT2D eigenvalue weighted by atomic mass is 16.4. The number of hydrogen-bond acceptors (Lipinski definition) is 1. The fourth-order valence-corrected chi connectivity index (χ4v) is 1.14. The van der Waals surface area contributed by atoms with Crippen LogP contribution in [-0.4, -0.2) is 16.1 Å². The Morgan fingerprint density at radius 2 is 2.25 bits per heavy atom. The standard InChI is InChI=1S/C9H13NO2/c1-6-5-10-8(7(6)2)3-4-9(11)12/h5,10H,3-4H2,1-2H3,(H,11,12). The lowest BCUT2D eigenvalue weighted by atomic mass is 10.1. The Morgan fingerprint density at radius 1 is 1.58 bits per heavy atom. The molecule has 0 amide bonds. The zero-order valence-corrected chi connectivity index (χ0v) is 7.35. The quantitative estimate of drug-likeness (QED) is 0.719. The number of carboxylic acids is 1. The fraction of sp³-hybridized carbons (Fsp3) is 0.444. The van der Waals surface area contributed by atoms with Crippen LogP contribution in [0.3, 0.4) is 0 Å². The van der Waals surface area contributed by atoms with E-state index < -0.39 is 5.97 Å². The van der Waals surface area contributed by atoms with Gasteiger partial charge in [0.1, 0.15) is 0 Å². The Balaban J connectivity index is 2.63. The summed E-state index contributed by atoms with van der Waals surface area (Å²) in [6, 6.07) is 0. The van der Waals surface area contributed by atoms with Crippen LogP contribution in [-0.2, 0) is 11.2 Å². The lowest BCUT2D eigenvalue weighted by Crippen LogP contribution is -1.98. The lowest BCUT2D eigenvalue weighted by Gasteiger charge is -1.96. The molecule has 1 rings (SSSR count). The second kappa shape index (κ2) is 3.43. The van der Waals surface area contributed by atoms with Crippen molar-refractivity contribution in [2.24, 2.45) is 0 Å². The Morgan fingerprint density at radius 3 is 2.67 bits per heavy atom. The van der Waals surface area contributed by atoms with Crippen molar-refractivity contribution in [3.63, 3.8) is 0 Å². The largest absolute Gasteiger partial charge is 0.481 e. The summed E-state index contributed by atoms with van der Waals surface area (Å²) >= 11 is 0. The van der Waals surface area contributed by atoms with Crippen molar-refractivity contribution in [2.75, 3.05) is 0 Å². The first-order chi connectivity index (χ1) is 5.61. The lowest BCUT2D eigenvalue weighted by molar-refractivity contribution is -0.136. The molecule has 1 heterocycles. The van der Waals surface area contributed by atoms with Crippen molar-refractivity contribution in [1.29, 1.82) is 0 Å². The molecule has 0 saturated carbocycles. The van der Waals surface area contributed by atoms with Gasteiger partial charge in [-0.25, -0.2) is 0 Å². The van der Waals surface area contributed by atoms with Crippen molar-refractivity contribution in [3.05, 3.63) is 23.0 Å². The summed E-state index contributed by atoms with van der Waals surface area (Å²) in [4.78, 5) is 13.3. The summed E-state index contributed by atoms with van der Waals surface area (Å²) in [7, 11) is 0. The van der Waals surface area contributed by atoms with E-state index in [1.165, 1.54) is 11.1 Å². The summed E-state index contributed by atoms with van der Waals surface area (Å²) in [5, 5.41) is 8.46. The van der Waals surface area contributed by atoms with Crippen molar-refractivity contribution in [1.82, 2.24) is 4.98 Å². The Kier molecular flexibility index (Phi) is 2.53. The first-order valence-electron chi connectivity index (χ1n) is 3.96. The molecule has 0 aliphatic rings. The average molecular weight is 167 g/mol. The van der Waals surface area contributed by atoms with Crippen molar-refractivity contribution in [3.8, 4) is 0 Å². The van der Waals surface area contributed by atoms with E-state index in [0.29, 0.717) is 6.42 Å². The Bertz CT molecular complexity index is 289. The molecule has 0 aromatic carbocycles. The van der Waals surface area contributed by atoms with Crippen LogP contribution in [0.15, 0.2) is 6.20 Å². The molecule has 1 aromatic heterocycles. The molecule has 3 heteroatoms. The molecule has 0 saturated heterocycles. The van der Waals surface area contributed by atoms with Gasteiger partial charge < -0.3 is 10.1 Å². The van der Waals surface area contributed by atoms with Crippen LogP contribution in [0.5, 0.6) is 0 Å². The summed E-state index contributed by atoms with van der Waals surface area (Å²) in [5.74, 6) is -0.748. The second-order valence-corrected chi connectivity index (χ2v) is 2.97. The van der Waals surface area contributed by atoms with E-state index in [1.54, 1.807) is 0 Å². The van der Waals surface area contributed by atoms with Gasteiger partial charge in [-0.05, 0) is 31.4 Å². The van der Waals surface area contributed by atoms with Crippen LogP contribution in [0.25, 0.3) is 0 Å². The third-order valence-electron chi connectivity index (χ3n) is 2.10. The monoisotopic (exact) mass is 167 g/mol. The molecule has 0 aliphatic heterocycles. The highest BCUT2D eigenvalue weighted by Crippen LogP contribution is 2.12. The smallest absolute Gasteiger partial charge is 0.303 e. The van der Waals surface area contributed by atoms with Gasteiger partial charge in [0, 0.05) is 11.9 Å². The number of aromatic amines is 1. The number of aryl methyl sites for hydroxylation is 2. The number of carboxylic acid groups (broad SMARTS) is 1. The zero-order chi connectivity index (χ0) is 9.14. The number of aromatic nitrogens is 1. The van der Waals surface area contributed by atoms with E-state index in [9.17, 15) is 4.79 Å². The predicted molar refractivity (Wildman–Crippen MR) is 46.2 cm³/mol. The Labute approximate surface area is 71.4 Å². The van der Waals surface area contributed by atoms with E-state index in [2.05, 4.69) is 4.98 Å². The summed E-state index contributed by atoms with van der Waals surface area (Å²) in [5.41, 5.74) is 3.40. The molecule has 0 unspecified atom stereocenters.